The van der Waals surface area contributed by atoms with Crippen LogP contribution >= 0.6 is 11.3 Å². The number of carboxylic acid groups (broad SMARTS) is 1. The normalized spacial score (nSPS) is 11.1. The number of fused-ring (bicyclic) bond motifs is 1. The second-order valence-corrected chi connectivity index (χ2v) is 6.06. The van der Waals surface area contributed by atoms with Gasteiger partial charge in [0.1, 0.15) is 17.2 Å². The summed E-state index contributed by atoms with van der Waals surface area (Å²) in [6.07, 6.45) is 0. The van der Waals surface area contributed by atoms with Crippen molar-refractivity contribution >= 4 is 33.4 Å². The van der Waals surface area contributed by atoms with Crippen LogP contribution in [-0.2, 0) is 11.3 Å². The van der Waals surface area contributed by atoms with Crippen LogP contribution in [0.5, 0.6) is 0 Å². The number of thiophene rings is 1. The van der Waals surface area contributed by atoms with Crippen molar-refractivity contribution in [1.29, 1.82) is 0 Å². The van der Waals surface area contributed by atoms with E-state index in [0.29, 0.717) is 33.0 Å². The van der Waals surface area contributed by atoms with E-state index >= 15 is 0 Å². The zero-order chi connectivity index (χ0) is 16.4. The molecule has 2 aromatic heterocycles. The summed E-state index contributed by atoms with van der Waals surface area (Å²) in [5.41, 5.74) is 0.209. The molecule has 2 aromatic rings. The lowest BCUT2D eigenvalue weighted by atomic mass is 10.2. The molecular formula is C13H16N4O4S. The fraction of sp³-hybridized carbons (Fsp3) is 0.385. The first kappa shape index (κ1) is 16.1. The van der Waals surface area contributed by atoms with Crippen molar-refractivity contribution < 1.29 is 14.7 Å². The minimum Gasteiger partial charge on any atom is -0.480 e. The SMILES string of the molecule is Cc1c(C(=O)NCC(=O)O)sc2nc(CN(C)C)[nH]c(=O)c12. The van der Waals surface area contributed by atoms with Crippen LogP contribution in [0.3, 0.4) is 0 Å². The molecule has 0 atom stereocenters. The van der Waals surface area contributed by atoms with Gasteiger partial charge in [0.25, 0.3) is 11.5 Å². The Hall–Kier alpha value is -2.26. The molecular weight excluding hydrogens is 308 g/mol. The monoisotopic (exact) mass is 324 g/mol. The molecule has 22 heavy (non-hydrogen) atoms. The zero-order valence-corrected chi connectivity index (χ0v) is 13.2. The number of hydrogen-bond donors (Lipinski definition) is 3. The largest absolute Gasteiger partial charge is 0.480 e. The average molecular weight is 324 g/mol. The molecule has 0 saturated carbocycles. The number of carbonyl (C=O) groups excluding carboxylic acids is 1. The number of aliphatic carboxylic acids is 1. The summed E-state index contributed by atoms with van der Waals surface area (Å²) in [5.74, 6) is -1.13. The van der Waals surface area contributed by atoms with Crippen molar-refractivity contribution in [2.75, 3.05) is 20.6 Å². The minimum atomic E-state index is -1.13. The topological polar surface area (TPSA) is 115 Å². The van der Waals surface area contributed by atoms with Crippen LogP contribution < -0.4 is 10.9 Å². The number of nitrogens with zero attached hydrogens (tertiary/aromatic N) is 2. The minimum absolute atomic E-state index is 0.298. The summed E-state index contributed by atoms with van der Waals surface area (Å²) in [6, 6.07) is 0. The van der Waals surface area contributed by atoms with E-state index in [1.165, 1.54) is 0 Å². The van der Waals surface area contributed by atoms with Gasteiger partial charge in [0.05, 0.1) is 16.8 Å². The summed E-state index contributed by atoms with van der Waals surface area (Å²) in [5, 5.41) is 11.3. The number of amides is 1. The van der Waals surface area contributed by atoms with Gasteiger partial charge in [-0.15, -0.1) is 11.3 Å². The lowest BCUT2D eigenvalue weighted by Crippen LogP contribution is -2.29. The third kappa shape index (κ3) is 3.31. The van der Waals surface area contributed by atoms with Crippen LogP contribution in [0.25, 0.3) is 10.2 Å². The predicted octanol–water partition coefficient (Wildman–Crippen LogP) is 0.169. The lowest BCUT2D eigenvalue weighted by molar-refractivity contribution is -0.135. The molecule has 0 unspecified atom stereocenters. The third-order valence-corrected chi connectivity index (χ3v) is 4.11. The van der Waals surface area contributed by atoms with Crippen LogP contribution in [0.1, 0.15) is 21.1 Å². The van der Waals surface area contributed by atoms with Gasteiger partial charge in [-0.05, 0) is 26.6 Å². The van der Waals surface area contributed by atoms with Crippen LogP contribution in [0.2, 0.25) is 0 Å². The predicted molar refractivity (Wildman–Crippen MR) is 82.3 cm³/mol. The summed E-state index contributed by atoms with van der Waals surface area (Å²) in [6.45, 7) is 1.65. The molecule has 0 aromatic carbocycles. The second-order valence-electron chi connectivity index (χ2n) is 5.06. The summed E-state index contributed by atoms with van der Waals surface area (Å²) in [4.78, 5) is 44.4. The number of carbonyl (C=O) groups is 2. The van der Waals surface area contributed by atoms with Crippen molar-refractivity contribution in [2.45, 2.75) is 13.5 Å². The van der Waals surface area contributed by atoms with E-state index in [1.807, 2.05) is 19.0 Å². The number of rotatable bonds is 5. The van der Waals surface area contributed by atoms with E-state index in [0.717, 1.165) is 11.3 Å². The first-order chi connectivity index (χ1) is 10.3. The maximum Gasteiger partial charge on any atom is 0.322 e. The van der Waals surface area contributed by atoms with Gasteiger partial charge >= 0.3 is 5.97 Å². The zero-order valence-electron chi connectivity index (χ0n) is 12.4. The van der Waals surface area contributed by atoms with Gasteiger partial charge in [-0.25, -0.2) is 4.98 Å². The highest BCUT2D eigenvalue weighted by molar-refractivity contribution is 7.20. The molecule has 0 fully saturated rings. The molecule has 0 aliphatic carbocycles. The Morgan fingerprint density at radius 2 is 2.09 bits per heavy atom. The quantitative estimate of drug-likeness (QED) is 0.722. The van der Waals surface area contributed by atoms with E-state index in [9.17, 15) is 14.4 Å². The first-order valence-electron chi connectivity index (χ1n) is 6.46. The molecule has 0 aliphatic rings. The van der Waals surface area contributed by atoms with Gasteiger partial charge in [0.15, 0.2) is 0 Å². The Morgan fingerprint density at radius 1 is 1.41 bits per heavy atom. The Morgan fingerprint density at radius 3 is 2.68 bits per heavy atom. The molecule has 8 nitrogen and oxygen atoms in total. The van der Waals surface area contributed by atoms with Gasteiger partial charge in [-0.2, -0.15) is 0 Å². The first-order valence-corrected chi connectivity index (χ1v) is 7.28. The molecule has 0 aliphatic heterocycles. The van der Waals surface area contributed by atoms with Crippen molar-refractivity contribution in [3.05, 3.63) is 26.6 Å². The molecule has 2 heterocycles. The summed E-state index contributed by atoms with van der Waals surface area (Å²) < 4.78 is 0. The number of hydrogen-bond acceptors (Lipinski definition) is 6. The fourth-order valence-electron chi connectivity index (χ4n) is 2.02. The van der Waals surface area contributed by atoms with E-state index < -0.39 is 18.4 Å². The van der Waals surface area contributed by atoms with Crippen LogP contribution in [0, 0.1) is 6.92 Å². The van der Waals surface area contributed by atoms with Crippen molar-refractivity contribution in [3.8, 4) is 0 Å². The number of carboxylic acids is 1. The molecule has 1 amide bonds. The van der Waals surface area contributed by atoms with Gasteiger partial charge in [0, 0.05) is 0 Å². The van der Waals surface area contributed by atoms with Gasteiger partial charge in [-0.3, -0.25) is 14.4 Å². The van der Waals surface area contributed by atoms with E-state index in [4.69, 9.17) is 5.11 Å². The van der Waals surface area contributed by atoms with Crippen LogP contribution in [0.15, 0.2) is 4.79 Å². The Balaban J connectivity index is 2.44. The Labute approximate surface area is 129 Å². The summed E-state index contributed by atoms with van der Waals surface area (Å²) in [7, 11) is 3.71. The molecule has 118 valence electrons. The molecule has 2 rings (SSSR count). The number of aromatic nitrogens is 2. The smallest absolute Gasteiger partial charge is 0.322 e. The maximum absolute atomic E-state index is 12.2. The standard InChI is InChI=1S/C13H16N4O4S/c1-6-9-11(20)15-7(5-17(2)3)16-13(9)22-10(6)12(21)14-4-8(18)19/h4-5H2,1-3H3,(H,14,21)(H,18,19)(H,15,16,20). The van der Waals surface area contributed by atoms with E-state index in [2.05, 4.69) is 15.3 Å². The molecule has 0 spiro atoms. The lowest BCUT2D eigenvalue weighted by Gasteiger charge is -2.07. The average Bonchev–Trinajstić information content (AvgIpc) is 2.72. The highest BCUT2D eigenvalue weighted by atomic mass is 32.1. The molecule has 9 heteroatoms. The van der Waals surface area contributed by atoms with Gasteiger partial charge in [0.2, 0.25) is 0 Å². The van der Waals surface area contributed by atoms with Gasteiger partial charge < -0.3 is 20.3 Å². The van der Waals surface area contributed by atoms with Crippen LogP contribution in [-0.4, -0.2) is 52.5 Å². The van der Waals surface area contributed by atoms with Crippen LogP contribution in [0.4, 0.5) is 0 Å². The maximum atomic E-state index is 12.2. The molecule has 0 radical (unpaired) electrons. The third-order valence-electron chi connectivity index (χ3n) is 2.92. The molecule has 0 bridgehead atoms. The number of H-pyrrole nitrogens is 1. The summed E-state index contributed by atoms with van der Waals surface area (Å²) >= 11 is 1.08. The van der Waals surface area contributed by atoms with Crippen molar-refractivity contribution in [3.63, 3.8) is 0 Å². The number of aromatic amines is 1. The Kier molecular flexibility index (Phi) is 4.57. The highest BCUT2D eigenvalue weighted by Gasteiger charge is 2.19. The molecule has 0 saturated heterocycles. The number of nitrogens with one attached hydrogen (secondary N) is 2. The second kappa shape index (κ2) is 6.24. The highest BCUT2D eigenvalue weighted by Crippen LogP contribution is 2.26. The Bertz CT molecular complexity index is 793. The molecule has 3 N–H and O–H groups in total. The van der Waals surface area contributed by atoms with Crippen molar-refractivity contribution in [2.24, 2.45) is 0 Å². The number of aryl methyl sites for hydroxylation is 1. The van der Waals surface area contributed by atoms with E-state index in [-0.39, 0.29) is 5.56 Å². The fourth-order valence-corrected chi connectivity index (χ4v) is 3.13. The van der Waals surface area contributed by atoms with Crippen molar-refractivity contribution in [1.82, 2.24) is 20.2 Å². The van der Waals surface area contributed by atoms with E-state index in [1.54, 1.807) is 6.92 Å². The van der Waals surface area contributed by atoms with Gasteiger partial charge in [-0.1, -0.05) is 0 Å².